The molecular weight excluding hydrogens is 186 g/mol. The number of hydrogen-bond acceptors (Lipinski definition) is 2. The van der Waals surface area contributed by atoms with Crippen LogP contribution in [0.1, 0.15) is 51.9 Å². The van der Waals surface area contributed by atoms with Crippen LogP contribution >= 0.6 is 0 Å². The Labute approximate surface area is 93.5 Å². The van der Waals surface area contributed by atoms with Crippen LogP contribution in [0.2, 0.25) is 0 Å². The van der Waals surface area contributed by atoms with Crippen LogP contribution in [0.5, 0.6) is 0 Å². The van der Waals surface area contributed by atoms with Gasteiger partial charge in [-0.1, -0.05) is 19.8 Å². The molecule has 0 aromatic heterocycles. The second kappa shape index (κ2) is 5.31. The second-order valence-corrected chi connectivity index (χ2v) is 5.61. The van der Waals surface area contributed by atoms with Gasteiger partial charge in [-0.25, -0.2) is 0 Å². The molecule has 4 atom stereocenters. The molecule has 0 bridgehead atoms. The van der Waals surface area contributed by atoms with Crippen molar-refractivity contribution in [3.63, 3.8) is 0 Å². The molecule has 2 rings (SSSR count). The van der Waals surface area contributed by atoms with Crippen LogP contribution in [-0.2, 0) is 0 Å². The Kier molecular flexibility index (Phi) is 4.04. The maximum absolute atomic E-state index is 9.60. The molecule has 0 radical (unpaired) electrons. The summed E-state index contributed by atoms with van der Waals surface area (Å²) >= 11 is 0. The van der Waals surface area contributed by atoms with E-state index in [1.54, 1.807) is 0 Å². The lowest BCUT2D eigenvalue weighted by Crippen LogP contribution is -2.37. The lowest BCUT2D eigenvalue weighted by Gasteiger charge is -2.28. The Morgan fingerprint density at radius 3 is 2.60 bits per heavy atom. The molecule has 0 amide bonds. The van der Waals surface area contributed by atoms with Crippen LogP contribution in [0.25, 0.3) is 0 Å². The largest absolute Gasteiger partial charge is 0.393 e. The molecule has 88 valence electrons. The minimum absolute atomic E-state index is 0.0217. The van der Waals surface area contributed by atoms with Gasteiger partial charge >= 0.3 is 0 Å². The van der Waals surface area contributed by atoms with Crippen LogP contribution in [0.15, 0.2) is 0 Å². The van der Waals surface area contributed by atoms with Gasteiger partial charge in [-0.05, 0) is 50.5 Å². The summed E-state index contributed by atoms with van der Waals surface area (Å²) in [4.78, 5) is 0. The number of rotatable bonds is 3. The SMILES string of the molecule is CC1CCCC1NCC1CCCC(O)C1. The fourth-order valence-corrected chi connectivity index (χ4v) is 3.21. The van der Waals surface area contributed by atoms with E-state index < -0.39 is 0 Å². The third-order valence-electron chi connectivity index (χ3n) is 4.29. The molecule has 2 nitrogen and oxygen atoms in total. The molecule has 0 spiro atoms. The summed E-state index contributed by atoms with van der Waals surface area (Å²) in [6, 6.07) is 0.754. The fourth-order valence-electron chi connectivity index (χ4n) is 3.21. The van der Waals surface area contributed by atoms with Gasteiger partial charge in [-0.2, -0.15) is 0 Å². The van der Waals surface area contributed by atoms with Crippen molar-refractivity contribution >= 4 is 0 Å². The van der Waals surface area contributed by atoms with Gasteiger partial charge in [-0.15, -0.1) is 0 Å². The van der Waals surface area contributed by atoms with Crippen molar-refractivity contribution in [1.29, 1.82) is 0 Å². The summed E-state index contributed by atoms with van der Waals surface area (Å²) < 4.78 is 0. The second-order valence-electron chi connectivity index (χ2n) is 5.61. The van der Waals surface area contributed by atoms with E-state index in [1.165, 1.54) is 32.1 Å². The van der Waals surface area contributed by atoms with Crippen LogP contribution in [0.3, 0.4) is 0 Å². The quantitative estimate of drug-likeness (QED) is 0.751. The van der Waals surface area contributed by atoms with E-state index in [9.17, 15) is 5.11 Å². The minimum atomic E-state index is -0.0217. The lowest BCUT2D eigenvalue weighted by molar-refractivity contribution is 0.0991. The van der Waals surface area contributed by atoms with E-state index >= 15 is 0 Å². The van der Waals surface area contributed by atoms with Gasteiger partial charge in [0.25, 0.3) is 0 Å². The standard InChI is InChI=1S/C13H25NO/c1-10-4-2-7-13(10)14-9-11-5-3-6-12(15)8-11/h10-15H,2-9H2,1H3. The minimum Gasteiger partial charge on any atom is -0.393 e. The average Bonchev–Trinajstić information content (AvgIpc) is 2.61. The third kappa shape index (κ3) is 3.18. The maximum atomic E-state index is 9.60. The molecule has 15 heavy (non-hydrogen) atoms. The number of aliphatic hydroxyl groups is 1. The van der Waals surface area contributed by atoms with E-state index in [4.69, 9.17) is 0 Å². The molecular formula is C13H25NO. The van der Waals surface area contributed by atoms with Gasteiger partial charge in [-0.3, -0.25) is 0 Å². The van der Waals surface area contributed by atoms with Crippen LogP contribution in [-0.4, -0.2) is 23.8 Å². The van der Waals surface area contributed by atoms with Crippen LogP contribution in [0, 0.1) is 11.8 Å². The highest BCUT2D eigenvalue weighted by Crippen LogP contribution is 2.27. The molecule has 4 unspecified atom stereocenters. The van der Waals surface area contributed by atoms with Gasteiger partial charge < -0.3 is 10.4 Å². The first-order valence-electron chi connectivity index (χ1n) is 6.67. The summed E-state index contributed by atoms with van der Waals surface area (Å²) in [7, 11) is 0. The van der Waals surface area contributed by atoms with Crippen LogP contribution in [0.4, 0.5) is 0 Å². The van der Waals surface area contributed by atoms with E-state index in [0.717, 1.165) is 37.3 Å². The summed E-state index contributed by atoms with van der Waals surface area (Å²) in [6.07, 6.45) is 8.70. The zero-order valence-corrected chi connectivity index (χ0v) is 9.91. The molecule has 0 saturated heterocycles. The van der Waals surface area contributed by atoms with Gasteiger partial charge in [0.05, 0.1) is 6.10 Å². The summed E-state index contributed by atoms with van der Waals surface area (Å²) in [5.41, 5.74) is 0. The summed E-state index contributed by atoms with van der Waals surface area (Å²) in [5.74, 6) is 1.58. The Morgan fingerprint density at radius 1 is 1.13 bits per heavy atom. The highest BCUT2D eigenvalue weighted by molar-refractivity contribution is 4.82. The van der Waals surface area contributed by atoms with Gasteiger partial charge in [0.15, 0.2) is 0 Å². The molecule has 2 fully saturated rings. The molecule has 0 aromatic carbocycles. The maximum Gasteiger partial charge on any atom is 0.0543 e. The van der Waals surface area contributed by atoms with Crippen molar-refractivity contribution in [2.45, 2.75) is 64.0 Å². The average molecular weight is 211 g/mol. The first-order chi connectivity index (χ1) is 7.25. The summed E-state index contributed by atoms with van der Waals surface area (Å²) in [6.45, 7) is 3.49. The first kappa shape index (κ1) is 11.4. The fraction of sp³-hybridized carbons (Fsp3) is 1.00. The van der Waals surface area contributed by atoms with Gasteiger partial charge in [0, 0.05) is 6.04 Å². The van der Waals surface area contributed by atoms with E-state index in [2.05, 4.69) is 12.2 Å². The van der Waals surface area contributed by atoms with Crippen molar-refractivity contribution in [2.75, 3.05) is 6.54 Å². The Morgan fingerprint density at radius 2 is 1.93 bits per heavy atom. The lowest BCUT2D eigenvalue weighted by atomic mass is 9.87. The highest BCUT2D eigenvalue weighted by Gasteiger charge is 2.25. The topological polar surface area (TPSA) is 32.3 Å². The summed E-state index contributed by atoms with van der Waals surface area (Å²) in [5, 5.41) is 13.3. The van der Waals surface area contributed by atoms with Crippen molar-refractivity contribution in [3.05, 3.63) is 0 Å². The highest BCUT2D eigenvalue weighted by atomic mass is 16.3. The Hall–Kier alpha value is -0.0800. The van der Waals surface area contributed by atoms with Gasteiger partial charge in [0.2, 0.25) is 0 Å². The smallest absolute Gasteiger partial charge is 0.0543 e. The van der Waals surface area contributed by atoms with Crippen molar-refractivity contribution in [1.82, 2.24) is 5.32 Å². The zero-order valence-electron chi connectivity index (χ0n) is 9.91. The predicted octanol–water partition coefficient (Wildman–Crippen LogP) is 2.32. The third-order valence-corrected chi connectivity index (χ3v) is 4.29. The molecule has 2 saturated carbocycles. The normalized spacial score (nSPS) is 42.0. The Balaban J connectivity index is 1.68. The number of hydrogen-bond donors (Lipinski definition) is 2. The molecule has 2 aliphatic carbocycles. The number of aliphatic hydroxyl groups excluding tert-OH is 1. The van der Waals surface area contributed by atoms with E-state index in [0.29, 0.717) is 0 Å². The van der Waals surface area contributed by atoms with Crippen molar-refractivity contribution in [2.24, 2.45) is 11.8 Å². The molecule has 0 aromatic rings. The van der Waals surface area contributed by atoms with E-state index in [-0.39, 0.29) is 6.10 Å². The molecule has 0 aliphatic heterocycles. The monoisotopic (exact) mass is 211 g/mol. The zero-order chi connectivity index (χ0) is 10.7. The van der Waals surface area contributed by atoms with E-state index in [1.807, 2.05) is 0 Å². The molecule has 2 aliphatic rings. The van der Waals surface area contributed by atoms with Crippen molar-refractivity contribution < 1.29 is 5.11 Å². The predicted molar refractivity (Wildman–Crippen MR) is 62.8 cm³/mol. The molecule has 2 N–H and O–H groups in total. The Bertz CT molecular complexity index is 195. The molecule has 2 heteroatoms. The number of nitrogens with one attached hydrogen (secondary N) is 1. The first-order valence-corrected chi connectivity index (χ1v) is 6.67. The van der Waals surface area contributed by atoms with Crippen molar-refractivity contribution in [3.8, 4) is 0 Å². The molecule has 0 heterocycles. The van der Waals surface area contributed by atoms with Gasteiger partial charge in [0.1, 0.15) is 0 Å². The van der Waals surface area contributed by atoms with Crippen LogP contribution < -0.4 is 5.32 Å².